The van der Waals surface area contributed by atoms with E-state index in [1.54, 1.807) is 5.37 Å². The summed E-state index contributed by atoms with van der Waals surface area (Å²) in [5, 5.41) is 1.75. The van der Waals surface area contributed by atoms with Crippen LogP contribution in [0.2, 0.25) is 0 Å². The number of fused-ring (bicyclic) bond motifs is 1. The lowest BCUT2D eigenvalue weighted by Crippen LogP contribution is -1.99. The molecular weight excluding hydrogens is 242 g/mol. The van der Waals surface area contributed by atoms with Crippen molar-refractivity contribution in [3.8, 4) is 0 Å². The monoisotopic (exact) mass is 253 g/mol. The summed E-state index contributed by atoms with van der Waals surface area (Å²) in [6, 6.07) is 17.3. The zero-order valence-electron chi connectivity index (χ0n) is 9.61. The summed E-state index contributed by atoms with van der Waals surface area (Å²) in [6.07, 6.45) is 0. The van der Waals surface area contributed by atoms with Gasteiger partial charge in [0.2, 0.25) is 0 Å². The van der Waals surface area contributed by atoms with Gasteiger partial charge in [0.1, 0.15) is 0 Å². The maximum absolute atomic E-state index is 12.1. The zero-order chi connectivity index (χ0) is 12.4. The fraction of sp³-hybridized carbons (Fsp3) is 0. The highest BCUT2D eigenvalue weighted by atomic mass is 32.2. The first-order valence-corrected chi connectivity index (χ1v) is 6.99. The molecule has 0 N–H and O–H groups in total. The third-order valence-corrected chi connectivity index (χ3v) is 4.37. The molecule has 0 bridgehead atoms. The minimum absolute atomic E-state index is 0.0575. The second kappa shape index (κ2) is 4.70. The van der Waals surface area contributed by atoms with Gasteiger partial charge in [0.25, 0.3) is 0 Å². The Morgan fingerprint density at radius 1 is 1.00 bits per heavy atom. The average molecular weight is 253 g/mol. The summed E-state index contributed by atoms with van der Waals surface area (Å²) < 4.78 is 0. The molecule has 1 aliphatic heterocycles. The molecule has 2 nitrogen and oxygen atoms in total. The van der Waals surface area contributed by atoms with Gasteiger partial charge >= 0.3 is 0 Å². The maximum Gasteiger partial charge on any atom is 0.192 e. The van der Waals surface area contributed by atoms with Gasteiger partial charge in [0, 0.05) is 15.8 Å². The van der Waals surface area contributed by atoms with Crippen LogP contribution in [0.25, 0.3) is 0 Å². The number of hydrogen-bond donors (Lipinski definition) is 0. The molecule has 0 amide bonds. The largest absolute Gasteiger partial charge is 0.289 e. The van der Waals surface area contributed by atoms with E-state index in [2.05, 4.69) is 4.99 Å². The number of benzene rings is 2. The van der Waals surface area contributed by atoms with Crippen molar-refractivity contribution in [1.82, 2.24) is 0 Å². The molecule has 3 rings (SSSR count). The number of hydrogen-bond acceptors (Lipinski definition) is 2. The zero-order valence-corrected chi connectivity index (χ0v) is 10.4. The number of carbonyl (C=O) groups excluding carboxylic acids is 1. The molecule has 0 radical (unpaired) electrons. The molecule has 0 spiro atoms. The highest BCUT2D eigenvalue weighted by molar-refractivity contribution is 8.27. The molecule has 1 heterocycles. The van der Waals surface area contributed by atoms with E-state index in [-0.39, 0.29) is 16.3 Å². The molecule has 0 aliphatic carbocycles. The molecule has 18 heavy (non-hydrogen) atoms. The van der Waals surface area contributed by atoms with E-state index < -0.39 is 0 Å². The normalized spacial score (nSPS) is 16.8. The Kier molecular flexibility index (Phi) is 2.90. The van der Waals surface area contributed by atoms with Crippen LogP contribution < -0.4 is 0 Å². The molecule has 3 heteroatoms. The Hall–Kier alpha value is -2.00. The average Bonchev–Trinajstić information content (AvgIpc) is 2.83. The second-order valence-electron chi connectivity index (χ2n) is 3.92. The summed E-state index contributed by atoms with van der Waals surface area (Å²) in [4.78, 5) is 17.6. The molecule has 2 aromatic carbocycles. The van der Waals surface area contributed by atoms with Crippen LogP contribution in [0.3, 0.4) is 0 Å². The highest BCUT2D eigenvalue weighted by Gasteiger charge is 2.11. The van der Waals surface area contributed by atoms with Crippen LogP contribution in [-0.2, 0) is 0 Å². The third-order valence-electron chi connectivity index (χ3n) is 2.72. The van der Waals surface area contributed by atoms with Crippen LogP contribution >= 0.6 is 10.5 Å². The predicted molar refractivity (Wildman–Crippen MR) is 77.3 cm³/mol. The van der Waals surface area contributed by atoms with Crippen LogP contribution in [0.1, 0.15) is 10.4 Å². The Morgan fingerprint density at radius 2 is 1.72 bits per heavy atom. The molecule has 0 fully saturated rings. The van der Waals surface area contributed by atoms with Gasteiger partial charge < -0.3 is 0 Å². The molecule has 1 unspecified atom stereocenters. The van der Waals surface area contributed by atoms with Crippen LogP contribution in [0, 0.1) is 0 Å². The van der Waals surface area contributed by atoms with Gasteiger partial charge in [-0.1, -0.05) is 42.5 Å². The van der Waals surface area contributed by atoms with E-state index >= 15 is 0 Å². The lowest BCUT2D eigenvalue weighted by atomic mass is 10.2. The molecule has 1 aliphatic rings. The number of nitrogens with zero attached hydrogens (tertiary/aromatic N) is 1. The van der Waals surface area contributed by atoms with Crippen molar-refractivity contribution < 1.29 is 4.79 Å². The molecule has 0 saturated heterocycles. The first kappa shape index (κ1) is 11.1. The van der Waals surface area contributed by atoms with Gasteiger partial charge in [-0.2, -0.15) is 0 Å². The Labute approximate surface area is 108 Å². The highest BCUT2D eigenvalue weighted by Crippen LogP contribution is 2.38. The lowest BCUT2D eigenvalue weighted by Gasteiger charge is -2.00. The summed E-state index contributed by atoms with van der Waals surface area (Å²) >= 11 is 0. The van der Waals surface area contributed by atoms with Gasteiger partial charge in [0.15, 0.2) is 5.78 Å². The first-order valence-electron chi connectivity index (χ1n) is 5.64. The standard InChI is InChI=1S/C15H11NOS/c17-14(12-6-2-1-3-7-12)10-18-11-16-13-8-4-5-9-15(13)18/h1-11H. The molecule has 1 atom stereocenters. The van der Waals surface area contributed by atoms with E-state index in [4.69, 9.17) is 0 Å². The smallest absolute Gasteiger partial charge is 0.192 e. The number of ketones is 1. The number of para-hydroxylation sites is 1. The van der Waals surface area contributed by atoms with Crippen LogP contribution in [0.15, 0.2) is 64.5 Å². The molecule has 88 valence electrons. The summed E-state index contributed by atoms with van der Waals surface area (Å²) in [7, 11) is -0.299. The van der Waals surface area contributed by atoms with Crippen LogP contribution in [0.4, 0.5) is 5.69 Å². The topological polar surface area (TPSA) is 29.4 Å². The Bertz CT molecular complexity index is 659. The molecule has 0 aromatic heterocycles. The maximum atomic E-state index is 12.1. The number of Topliss-reactive ketones (excluding diaryl/α,β-unsaturated/α-hetero) is 1. The fourth-order valence-corrected chi connectivity index (χ4v) is 3.31. The first-order chi connectivity index (χ1) is 8.84. The number of carbonyl (C=O) groups is 1. The summed E-state index contributed by atoms with van der Waals surface area (Å²) in [5.41, 5.74) is 3.55. The molecular formula is C15H11NOS. The van der Waals surface area contributed by atoms with Crippen LogP contribution in [0.5, 0.6) is 0 Å². The van der Waals surface area contributed by atoms with Crippen molar-refractivity contribution in [2.45, 2.75) is 4.90 Å². The van der Waals surface area contributed by atoms with Gasteiger partial charge in [-0.15, -0.1) is 10.5 Å². The summed E-state index contributed by atoms with van der Waals surface area (Å²) in [6.45, 7) is 0. The van der Waals surface area contributed by atoms with Crippen molar-refractivity contribution in [3.63, 3.8) is 0 Å². The Balaban J connectivity index is 1.96. The van der Waals surface area contributed by atoms with Crippen molar-refractivity contribution in [3.05, 3.63) is 60.2 Å². The second-order valence-corrected chi connectivity index (χ2v) is 5.55. The fourth-order valence-electron chi connectivity index (χ4n) is 1.81. The van der Waals surface area contributed by atoms with Gasteiger partial charge in [-0.3, -0.25) is 4.79 Å². The number of aliphatic imine (C=N–C) groups is 1. The number of rotatable bonds is 2. The Morgan fingerprint density at radius 3 is 2.56 bits per heavy atom. The van der Waals surface area contributed by atoms with E-state index in [0.717, 1.165) is 16.1 Å². The van der Waals surface area contributed by atoms with E-state index in [1.807, 2.05) is 60.1 Å². The minimum Gasteiger partial charge on any atom is -0.289 e. The molecule has 2 aromatic rings. The van der Waals surface area contributed by atoms with Crippen LogP contribution in [-0.4, -0.2) is 16.7 Å². The van der Waals surface area contributed by atoms with Crippen molar-refractivity contribution in [2.75, 3.05) is 0 Å². The minimum atomic E-state index is -0.299. The van der Waals surface area contributed by atoms with E-state index in [1.165, 1.54) is 0 Å². The quantitative estimate of drug-likeness (QED) is 0.593. The van der Waals surface area contributed by atoms with E-state index in [9.17, 15) is 4.79 Å². The van der Waals surface area contributed by atoms with Gasteiger partial charge in [-0.25, -0.2) is 4.99 Å². The third kappa shape index (κ3) is 2.05. The van der Waals surface area contributed by atoms with Gasteiger partial charge in [-0.05, 0) is 12.1 Å². The predicted octanol–water partition coefficient (Wildman–Crippen LogP) is 3.67. The summed E-state index contributed by atoms with van der Waals surface area (Å²) in [5.74, 6) is 0.0575. The van der Waals surface area contributed by atoms with E-state index in [0.29, 0.717) is 0 Å². The van der Waals surface area contributed by atoms with Crippen molar-refractivity contribution in [1.29, 1.82) is 0 Å². The van der Waals surface area contributed by atoms with Crippen molar-refractivity contribution in [2.24, 2.45) is 4.99 Å². The van der Waals surface area contributed by atoms with Gasteiger partial charge in [0.05, 0.1) is 11.2 Å². The van der Waals surface area contributed by atoms with Crippen molar-refractivity contribution >= 4 is 32.9 Å². The SMILES string of the molecule is O=C(C=S1C=Nc2ccccc21)c1ccccc1. The lowest BCUT2D eigenvalue weighted by molar-refractivity contribution is 0.107. The molecule has 0 saturated carbocycles.